The summed E-state index contributed by atoms with van der Waals surface area (Å²) in [6.07, 6.45) is 15.1. The summed E-state index contributed by atoms with van der Waals surface area (Å²) in [4.78, 5) is 12.3. The molecule has 1 rings (SSSR count). The van der Waals surface area contributed by atoms with Crippen LogP contribution >= 0.6 is 0 Å². The van der Waals surface area contributed by atoms with Gasteiger partial charge in [0.1, 0.15) is 5.75 Å². The molecule has 0 aliphatic carbocycles. The third-order valence-corrected chi connectivity index (χ3v) is 5.04. The number of phenolic OH excluding ortho intramolecular Hbond substituents is 1. The predicted octanol–water partition coefficient (Wildman–Crippen LogP) is 7.22. The summed E-state index contributed by atoms with van der Waals surface area (Å²) in [5.74, 6) is 0.579. The molecule has 142 valence electrons. The SMILES string of the molecule is CCCCCCCCCCCCC(C)CC(=O)c1ccc(C)cc1O. The zero-order chi connectivity index (χ0) is 18.5. The molecule has 0 amide bonds. The number of aryl methyl sites for hydroxylation is 1. The van der Waals surface area contributed by atoms with E-state index in [0.29, 0.717) is 17.9 Å². The number of ketones is 1. The van der Waals surface area contributed by atoms with E-state index < -0.39 is 0 Å². The van der Waals surface area contributed by atoms with Gasteiger partial charge in [-0.3, -0.25) is 4.79 Å². The Balaban J connectivity index is 2.08. The van der Waals surface area contributed by atoms with Gasteiger partial charge in [-0.05, 0) is 30.5 Å². The molecule has 1 N–H and O–H groups in total. The Morgan fingerprint density at radius 1 is 0.960 bits per heavy atom. The normalized spacial score (nSPS) is 12.3. The largest absolute Gasteiger partial charge is 0.507 e. The molecule has 1 aromatic rings. The van der Waals surface area contributed by atoms with Crippen LogP contribution in [0.1, 0.15) is 107 Å². The quantitative estimate of drug-likeness (QED) is 0.285. The molecule has 2 heteroatoms. The van der Waals surface area contributed by atoms with Crippen LogP contribution in [0.3, 0.4) is 0 Å². The first-order chi connectivity index (χ1) is 12.0. The van der Waals surface area contributed by atoms with E-state index in [2.05, 4.69) is 13.8 Å². The number of carbonyl (C=O) groups excluding carboxylic acids is 1. The van der Waals surface area contributed by atoms with Gasteiger partial charge in [-0.1, -0.05) is 90.5 Å². The molecule has 0 aliphatic heterocycles. The lowest BCUT2D eigenvalue weighted by Crippen LogP contribution is -2.06. The van der Waals surface area contributed by atoms with E-state index in [1.54, 1.807) is 12.1 Å². The lowest BCUT2D eigenvalue weighted by molar-refractivity contribution is 0.0959. The standard InChI is InChI=1S/C23H38O2/c1-4-5-6-7-8-9-10-11-12-13-14-19(2)17-22(24)21-16-15-20(3)18-23(21)25/h15-16,18-19,25H,4-14,17H2,1-3H3. The summed E-state index contributed by atoms with van der Waals surface area (Å²) in [6, 6.07) is 5.31. The van der Waals surface area contributed by atoms with Gasteiger partial charge >= 0.3 is 0 Å². The number of Topliss-reactive ketones (excluding diaryl/α,β-unsaturated/α-hetero) is 1. The fourth-order valence-corrected chi connectivity index (χ4v) is 3.39. The number of benzene rings is 1. The van der Waals surface area contributed by atoms with Gasteiger partial charge in [0.25, 0.3) is 0 Å². The van der Waals surface area contributed by atoms with Crippen LogP contribution in [0.4, 0.5) is 0 Å². The molecular weight excluding hydrogens is 308 g/mol. The predicted molar refractivity (Wildman–Crippen MR) is 107 cm³/mol. The van der Waals surface area contributed by atoms with Gasteiger partial charge in [-0.15, -0.1) is 0 Å². The minimum Gasteiger partial charge on any atom is -0.507 e. The molecule has 1 atom stereocenters. The summed E-state index contributed by atoms with van der Waals surface area (Å²) < 4.78 is 0. The molecule has 0 saturated heterocycles. The number of carbonyl (C=O) groups is 1. The van der Waals surface area contributed by atoms with Crippen LogP contribution in [0.5, 0.6) is 5.75 Å². The average molecular weight is 347 g/mol. The van der Waals surface area contributed by atoms with Crippen LogP contribution in [0.25, 0.3) is 0 Å². The van der Waals surface area contributed by atoms with E-state index in [-0.39, 0.29) is 11.5 Å². The summed E-state index contributed by atoms with van der Waals surface area (Å²) in [5, 5.41) is 9.92. The lowest BCUT2D eigenvalue weighted by Gasteiger charge is -2.11. The highest BCUT2D eigenvalue weighted by Crippen LogP contribution is 2.23. The Bertz CT molecular complexity index is 493. The zero-order valence-electron chi connectivity index (χ0n) is 16.7. The highest BCUT2D eigenvalue weighted by Gasteiger charge is 2.14. The van der Waals surface area contributed by atoms with Gasteiger partial charge in [-0.25, -0.2) is 0 Å². The van der Waals surface area contributed by atoms with E-state index in [1.165, 1.54) is 64.2 Å². The van der Waals surface area contributed by atoms with Gasteiger partial charge in [0, 0.05) is 6.42 Å². The van der Waals surface area contributed by atoms with Gasteiger partial charge in [-0.2, -0.15) is 0 Å². The number of hydrogen-bond acceptors (Lipinski definition) is 2. The summed E-state index contributed by atoms with van der Waals surface area (Å²) in [5.41, 5.74) is 1.45. The molecule has 0 spiro atoms. The maximum atomic E-state index is 12.3. The van der Waals surface area contributed by atoms with Crippen molar-refractivity contribution in [1.29, 1.82) is 0 Å². The number of aromatic hydroxyl groups is 1. The molecule has 0 fully saturated rings. The van der Waals surface area contributed by atoms with Crippen molar-refractivity contribution in [3.63, 3.8) is 0 Å². The number of unbranched alkanes of at least 4 members (excludes halogenated alkanes) is 9. The summed E-state index contributed by atoms with van der Waals surface area (Å²) in [6.45, 7) is 6.33. The van der Waals surface area contributed by atoms with Crippen molar-refractivity contribution in [2.75, 3.05) is 0 Å². The average Bonchev–Trinajstić information content (AvgIpc) is 2.56. The molecule has 0 aliphatic rings. The Labute approximate surface area is 155 Å². The number of rotatable bonds is 14. The summed E-state index contributed by atoms with van der Waals surface area (Å²) >= 11 is 0. The first-order valence-electron chi connectivity index (χ1n) is 10.4. The second-order valence-electron chi connectivity index (χ2n) is 7.72. The van der Waals surface area contributed by atoms with E-state index >= 15 is 0 Å². The minimum absolute atomic E-state index is 0.0667. The molecular formula is C23H38O2. The monoisotopic (exact) mass is 346 g/mol. The van der Waals surface area contributed by atoms with Crippen molar-refractivity contribution in [3.8, 4) is 5.75 Å². The first kappa shape index (κ1) is 21.7. The molecule has 25 heavy (non-hydrogen) atoms. The smallest absolute Gasteiger partial charge is 0.166 e. The van der Waals surface area contributed by atoms with Crippen LogP contribution in [0.2, 0.25) is 0 Å². The zero-order valence-corrected chi connectivity index (χ0v) is 16.7. The fraction of sp³-hybridized carbons (Fsp3) is 0.696. The molecule has 0 bridgehead atoms. The van der Waals surface area contributed by atoms with E-state index in [4.69, 9.17) is 0 Å². The maximum Gasteiger partial charge on any atom is 0.166 e. The molecule has 0 radical (unpaired) electrons. The Kier molecular flexibility index (Phi) is 11.3. The Hall–Kier alpha value is -1.31. The van der Waals surface area contributed by atoms with Crippen molar-refractivity contribution in [2.45, 2.75) is 97.8 Å². The van der Waals surface area contributed by atoms with Crippen LogP contribution < -0.4 is 0 Å². The maximum absolute atomic E-state index is 12.3. The van der Waals surface area contributed by atoms with Crippen LogP contribution in [0, 0.1) is 12.8 Å². The second-order valence-corrected chi connectivity index (χ2v) is 7.72. The third-order valence-electron chi connectivity index (χ3n) is 5.04. The van der Waals surface area contributed by atoms with Crippen molar-refractivity contribution < 1.29 is 9.90 Å². The lowest BCUT2D eigenvalue weighted by atomic mass is 9.94. The van der Waals surface area contributed by atoms with Crippen molar-refractivity contribution in [1.82, 2.24) is 0 Å². The first-order valence-corrected chi connectivity index (χ1v) is 10.4. The molecule has 0 aromatic heterocycles. The fourth-order valence-electron chi connectivity index (χ4n) is 3.39. The van der Waals surface area contributed by atoms with Gasteiger partial charge in [0.05, 0.1) is 5.56 Å². The van der Waals surface area contributed by atoms with Crippen molar-refractivity contribution >= 4 is 5.78 Å². The number of hydrogen-bond donors (Lipinski definition) is 1. The number of phenols is 1. The minimum atomic E-state index is 0.0667. The second kappa shape index (κ2) is 13.0. The van der Waals surface area contributed by atoms with Gasteiger partial charge < -0.3 is 5.11 Å². The van der Waals surface area contributed by atoms with E-state index in [9.17, 15) is 9.90 Å². The molecule has 0 saturated carbocycles. The Morgan fingerprint density at radius 3 is 2.08 bits per heavy atom. The Morgan fingerprint density at radius 2 is 1.52 bits per heavy atom. The molecule has 0 heterocycles. The van der Waals surface area contributed by atoms with E-state index in [0.717, 1.165) is 12.0 Å². The van der Waals surface area contributed by atoms with Crippen LogP contribution in [-0.4, -0.2) is 10.9 Å². The van der Waals surface area contributed by atoms with Crippen molar-refractivity contribution in [2.24, 2.45) is 5.92 Å². The van der Waals surface area contributed by atoms with Crippen LogP contribution in [0.15, 0.2) is 18.2 Å². The van der Waals surface area contributed by atoms with Crippen LogP contribution in [-0.2, 0) is 0 Å². The third kappa shape index (κ3) is 9.67. The highest BCUT2D eigenvalue weighted by atomic mass is 16.3. The van der Waals surface area contributed by atoms with Gasteiger partial charge in [0.2, 0.25) is 0 Å². The molecule has 1 aromatic carbocycles. The molecule has 2 nitrogen and oxygen atoms in total. The van der Waals surface area contributed by atoms with E-state index in [1.807, 2.05) is 13.0 Å². The molecule has 1 unspecified atom stereocenters. The van der Waals surface area contributed by atoms with Crippen molar-refractivity contribution in [3.05, 3.63) is 29.3 Å². The summed E-state index contributed by atoms with van der Waals surface area (Å²) in [7, 11) is 0. The highest BCUT2D eigenvalue weighted by molar-refractivity contribution is 5.98. The van der Waals surface area contributed by atoms with Gasteiger partial charge in [0.15, 0.2) is 5.78 Å². The topological polar surface area (TPSA) is 37.3 Å².